The summed E-state index contributed by atoms with van der Waals surface area (Å²) in [4.78, 5) is 50.2. The van der Waals surface area contributed by atoms with Crippen LogP contribution in [0, 0.1) is 0 Å². The molecule has 51 heteroatoms. The van der Waals surface area contributed by atoms with E-state index in [1.807, 2.05) is 0 Å². The van der Waals surface area contributed by atoms with Gasteiger partial charge in [0.25, 0.3) is 0 Å². The fraction of sp³-hybridized carbons (Fsp3) is 0.938. The van der Waals surface area contributed by atoms with Crippen LogP contribution < -0.4 is 21.3 Å². The van der Waals surface area contributed by atoms with Crippen molar-refractivity contribution in [2.24, 2.45) is 0 Å². The summed E-state index contributed by atoms with van der Waals surface area (Å²) in [6.45, 7) is -5.76. The van der Waals surface area contributed by atoms with E-state index in [1.54, 1.807) is 0 Å². The standard InChI is InChI=1S/C64H108N4O47/c1-16-32(81)40(89)44(93)60(100-16)115-55-42(91)34(83)22(7-71)103-64(55)112-51-24(9-73)104-56(29(37(51)86)66-17(2)78)99-14-28-36(85)54(114-58-30(67-18(3)79)38(87)49(25(10-74)105-58)109-61-45(94)41(90)33(82)21(6-70)101-61)48(97)63(108-28)110-50-26(11-75)106-57(31(39(50)88)68-19(4)80)113-53-35(84)23(8-72)102-62(47(53)96)111-52-27(12-76)107-59(46(95)43(52)92)98-13-20(5-69)65-15-77/h15-16,20-64,69-76,81-97H,5-14H2,1-4H3,(H,65,77)(H,66,78)(H,67,79)(H,68,80)/t16-,20+,21+,22+,23+,24+,25+,26+,27+,28+,29+,30+,31+,32+,33-,34-,35-,36-,37+,38+,39+,40+,41-,42-,43+,44-,45+,46+,47+,48+,49+,50+,51+,52+,53-,54-,55+,56+,57-,58-,59+,60-,61-,62-,63-,64-/m0/s1. The summed E-state index contributed by atoms with van der Waals surface area (Å²) < 4.78 is 106. The van der Waals surface area contributed by atoms with Crippen molar-refractivity contribution in [3.63, 3.8) is 0 Å². The Balaban J connectivity index is 1.00. The summed E-state index contributed by atoms with van der Waals surface area (Å²) in [6.07, 6.45) is -84.5. The number of hydrogen-bond donors (Lipinski definition) is 29. The van der Waals surface area contributed by atoms with Crippen LogP contribution in [0.25, 0.3) is 0 Å². The molecule has 9 aliphatic heterocycles. The molecule has 0 aliphatic carbocycles. The van der Waals surface area contributed by atoms with E-state index in [9.17, 15) is 147 Å². The molecule has 9 saturated heterocycles. The predicted molar refractivity (Wildman–Crippen MR) is 354 cm³/mol. The van der Waals surface area contributed by atoms with Gasteiger partial charge in [0, 0.05) is 20.8 Å². The number of aliphatic hydroxyl groups is 25. The van der Waals surface area contributed by atoms with Gasteiger partial charge in [-0.3, -0.25) is 19.2 Å². The molecule has 0 spiro atoms. The van der Waals surface area contributed by atoms with Crippen molar-refractivity contribution in [1.82, 2.24) is 21.3 Å². The van der Waals surface area contributed by atoms with Crippen molar-refractivity contribution in [3.8, 4) is 0 Å². The van der Waals surface area contributed by atoms with E-state index in [2.05, 4.69) is 21.3 Å². The van der Waals surface area contributed by atoms with Gasteiger partial charge in [0.1, 0.15) is 213 Å². The van der Waals surface area contributed by atoms with Gasteiger partial charge in [-0.1, -0.05) is 0 Å². The molecule has 9 heterocycles. The van der Waals surface area contributed by atoms with Crippen LogP contribution >= 0.6 is 0 Å². The van der Waals surface area contributed by atoms with Crippen molar-refractivity contribution in [2.75, 3.05) is 66.1 Å². The number of rotatable bonds is 33. The molecule has 51 nitrogen and oxygen atoms in total. The first kappa shape index (κ1) is 95.0. The van der Waals surface area contributed by atoms with Gasteiger partial charge >= 0.3 is 0 Å². The van der Waals surface area contributed by atoms with Crippen molar-refractivity contribution in [3.05, 3.63) is 0 Å². The van der Waals surface area contributed by atoms with E-state index in [0.717, 1.165) is 20.8 Å². The monoisotopic (exact) mass is 1680 g/mol. The minimum Gasteiger partial charge on any atom is -0.394 e. The second-order valence-corrected chi connectivity index (χ2v) is 28.9. The maximum absolute atomic E-state index is 13.1. The summed E-state index contributed by atoms with van der Waals surface area (Å²) in [5, 5.41) is 286. The van der Waals surface area contributed by atoms with Gasteiger partial charge in [-0.2, -0.15) is 0 Å². The second-order valence-electron chi connectivity index (χ2n) is 28.9. The molecule has 29 N–H and O–H groups in total. The normalized spacial score (nSPS) is 48.2. The van der Waals surface area contributed by atoms with Gasteiger partial charge < -0.3 is 234 Å². The lowest BCUT2D eigenvalue weighted by Gasteiger charge is -2.51. The van der Waals surface area contributed by atoms with Crippen molar-refractivity contribution < 1.29 is 232 Å². The summed E-state index contributed by atoms with van der Waals surface area (Å²) in [5.41, 5.74) is 0. The highest BCUT2D eigenvalue weighted by Gasteiger charge is 2.61. The Labute approximate surface area is 651 Å². The molecule has 0 aromatic heterocycles. The number of ether oxygens (including phenoxy) is 18. The Bertz CT molecular complexity index is 3010. The van der Waals surface area contributed by atoms with E-state index in [0.29, 0.717) is 0 Å². The third kappa shape index (κ3) is 21.4. The molecule has 9 aliphatic rings. The van der Waals surface area contributed by atoms with Crippen LogP contribution in [-0.4, -0.2) is 500 Å². The van der Waals surface area contributed by atoms with Gasteiger partial charge in [-0.05, 0) is 6.92 Å². The highest BCUT2D eigenvalue weighted by Crippen LogP contribution is 2.40. The average Bonchev–Trinajstić information content (AvgIpc) is 0.768. The molecule has 0 aromatic carbocycles. The fourth-order valence-corrected chi connectivity index (χ4v) is 14.6. The maximum Gasteiger partial charge on any atom is 0.217 e. The van der Waals surface area contributed by atoms with Crippen molar-refractivity contribution >= 4 is 24.1 Å². The zero-order chi connectivity index (χ0) is 84.6. The van der Waals surface area contributed by atoms with E-state index in [4.69, 9.17) is 85.3 Å². The first-order chi connectivity index (χ1) is 54.5. The molecule has 666 valence electrons. The Morgan fingerprint density at radius 1 is 0.304 bits per heavy atom. The van der Waals surface area contributed by atoms with Gasteiger partial charge in [0.15, 0.2) is 56.6 Å². The summed E-state index contributed by atoms with van der Waals surface area (Å²) in [6, 6.07) is -6.89. The van der Waals surface area contributed by atoms with Crippen LogP contribution in [0.2, 0.25) is 0 Å². The lowest BCUT2D eigenvalue weighted by molar-refractivity contribution is -0.391. The molecule has 115 heavy (non-hydrogen) atoms. The van der Waals surface area contributed by atoms with Crippen LogP contribution in [0.4, 0.5) is 0 Å². The van der Waals surface area contributed by atoms with E-state index in [-0.39, 0.29) is 6.41 Å². The fourth-order valence-electron chi connectivity index (χ4n) is 14.6. The first-order valence-electron chi connectivity index (χ1n) is 36.7. The van der Waals surface area contributed by atoms with Gasteiger partial charge in [0.2, 0.25) is 24.1 Å². The lowest BCUT2D eigenvalue weighted by Crippen LogP contribution is -2.71. The third-order valence-corrected chi connectivity index (χ3v) is 20.9. The molecule has 9 fully saturated rings. The molecule has 0 bridgehead atoms. The topological polar surface area (TPSA) is 788 Å². The highest BCUT2D eigenvalue weighted by atomic mass is 16.8. The number of nitrogens with one attached hydrogen (secondary N) is 4. The average molecular weight is 1690 g/mol. The van der Waals surface area contributed by atoms with Crippen LogP contribution in [0.15, 0.2) is 0 Å². The molecular formula is C64H108N4O47. The van der Waals surface area contributed by atoms with E-state index < -0.39 is 366 Å². The van der Waals surface area contributed by atoms with Gasteiger partial charge in [0.05, 0.1) is 78.2 Å². The largest absolute Gasteiger partial charge is 0.394 e. The Hall–Kier alpha value is -3.84. The Morgan fingerprint density at radius 3 is 1.03 bits per heavy atom. The van der Waals surface area contributed by atoms with E-state index >= 15 is 0 Å². The first-order valence-corrected chi connectivity index (χ1v) is 36.7. The third-order valence-electron chi connectivity index (χ3n) is 20.9. The molecule has 46 atom stereocenters. The lowest BCUT2D eigenvalue weighted by atomic mass is 9.93. The number of carbonyl (C=O) groups is 4. The van der Waals surface area contributed by atoms with Crippen molar-refractivity contribution in [1.29, 1.82) is 0 Å². The number of amides is 4. The molecule has 0 radical (unpaired) electrons. The SMILES string of the molecule is CC(=O)N[C@H]1[C@H](O[C@H]2[C@@H](O)[C@@H](CO[C@@H]3O[C@H](CO)[C@@H](O[C@@H]4O[C@H](CO)[C@H](O)[C@H](O)[C@H]4O[C@@H]4O[C@@H](C)[C@@H](O)[C@@H](O)[C@@H]4O)[C@H](O)[C@H]3NC(C)=O)O[C@@H](O[C@H]3[C@H](O)[C@@H](NC(C)=O)[C@H](O[C@H]4[C@@H](O)[C@@H](CO)O[C@@H](O[C@H]5[C@H](O)[C@@H](O)[C@H](OC[C@@H](CO)NC=O)O[C@@H]5CO)[C@@H]4O)O[C@@H]3CO)[C@@H]2O)O[C@H](CO)[C@@H](O[C@@H]2O[C@H](CO)[C@H](O)[C@H](O)[C@H]2O)[C@@H]1O. The minimum atomic E-state index is -2.51. The second kappa shape index (κ2) is 42.3. The smallest absolute Gasteiger partial charge is 0.217 e. The summed E-state index contributed by atoms with van der Waals surface area (Å²) in [7, 11) is 0. The highest BCUT2D eigenvalue weighted by molar-refractivity contribution is 5.74. The van der Waals surface area contributed by atoms with Crippen molar-refractivity contribution in [2.45, 2.75) is 310 Å². The molecule has 4 amide bonds. The number of hydrogen-bond acceptors (Lipinski definition) is 47. The molecule has 0 aromatic rings. The van der Waals surface area contributed by atoms with Crippen LogP contribution in [0.1, 0.15) is 27.7 Å². The van der Waals surface area contributed by atoms with Gasteiger partial charge in [-0.25, -0.2) is 0 Å². The zero-order valence-corrected chi connectivity index (χ0v) is 61.9. The molecule has 0 unspecified atom stereocenters. The van der Waals surface area contributed by atoms with Crippen LogP contribution in [0.3, 0.4) is 0 Å². The summed E-state index contributed by atoms with van der Waals surface area (Å²) >= 11 is 0. The van der Waals surface area contributed by atoms with Crippen LogP contribution in [0.5, 0.6) is 0 Å². The maximum atomic E-state index is 13.1. The van der Waals surface area contributed by atoms with Gasteiger partial charge in [-0.15, -0.1) is 0 Å². The zero-order valence-electron chi connectivity index (χ0n) is 61.9. The Kier molecular flexibility index (Phi) is 34.9. The molecular weight excluding hydrogens is 1580 g/mol. The van der Waals surface area contributed by atoms with Crippen LogP contribution in [-0.2, 0) is 104 Å². The summed E-state index contributed by atoms with van der Waals surface area (Å²) in [5.74, 6) is -2.88. The quantitative estimate of drug-likeness (QED) is 0.0271. The minimum absolute atomic E-state index is 0.247. The predicted octanol–water partition coefficient (Wildman–Crippen LogP) is -20.0. The molecule has 9 rings (SSSR count). The van der Waals surface area contributed by atoms with E-state index in [1.165, 1.54) is 6.92 Å². The molecule has 0 saturated carbocycles. The number of aliphatic hydroxyl groups excluding tert-OH is 25. The number of carbonyl (C=O) groups excluding carboxylic acids is 4. The Morgan fingerprint density at radius 2 is 0.609 bits per heavy atom.